The van der Waals surface area contributed by atoms with E-state index in [9.17, 15) is 8.78 Å². The van der Waals surface area contributed by atoms with Crippen LogP contribution in [0.25, 0.3) is 0 Å². The third-order valence-electron chi connectivity index (χ3n) is 1.44. The zero-order valence-corrected chi connectivity index (χ0v) is 7.55. The monoisotopic (exact) mass is 218 g/mol. The molecule has 1 rings (SSSR count). The number of anilines is 1. The van der Waals surface area contributed by atoms with Gasteiger partial charge in [0, 0.05) is 6.07 Å². The van der Waals surface area contributed by atoms with E-state index in [0.29, 0.717) is 0 Å². The van der Waals surface area contributed by atoms with Crippen LogP contribution < -0.4 is 10.5 Å². The molecular formula is C8H5ClF2N2O. The molecule has 74 valence electrons. The van der Waals surface area contributed by atoms with Crippen LogP contribution in [0.3, 0.4) is 0 Å². The Morgan fingerprint density at radius 2 is 2.14 bits per heavy atom. The number of alkyl halides is 2. The summed E-state index contributed by atoms with van der Waals surface area (Å²) in [6.45, 7) is -3.00. The average Bonchev–Trinajstić information content (AvgIpc) is 2.10. The number of halogens is 3. The highest BCUT2D eigenvalue weighted by atomic mass is 35.5. The first kappa shape index (κ1) is 10.5. The van der Waals surface area contributed by atoms with Gasteiger partial charge in [-0.05, 0) is 6.07 Å². The van der Waals surface area contributed by atoms with Crippen molar-refractivity contribution >= 4 is 17.3 Å². The van der Waals surface area contributed by atoms with Gasteiger partial charge in [0.1, 0.15) is 11.8 Å². The van der Waals surface area contributed by atoms with Crippen molar-refractivity contribution in [2.45, 2.75) is 6.61 Å². The summed E-state index contributed by atoms with van der Waals surface area (Å²) in [4.78, 5) is 0. The van der Waals surface area contributed by atoms with Crippen molar-refractivity contribution in [3.8, 4) is 11.8 Å². The molecule has 2 N–H and O–H groups in total. The Morgan fingerprint density at radius 1 is 1.50 bits per heavy atom. The van der Waals surface area contributed by atoms with Crippen molar-refractivity contribution in [2.24, 2.45) is 0 Å². The van der Waals surface area contributed by atoms with E-state index in [-0.39, 0.29) is 22.0 Å². The van der Waals surface area contributed by atoms with Crippen molar-refractivity contribution in [1.82, 2.24) is 0 Å². The van der Waals surface area contributed by atoms with Crippen LogP contribution in [-0.2, 0) is 0 Å². The van der Waals surface area contributed by atoms with Gasteiger partial charge in [-0.3, -0.25) is 0 Å². The second kappa shape index (κ2) is 4.11. The molecule has 0 amide bonds. The second-order valence-corrected chi connectivity index (χ2v) is 2.77. The summed E-state index contributed by atoms with van der Waals surface area (Å²) < 4.78 is 27.8. The van der Waals surface area contributed by atoms with Crippen LogP contribution in [0.2, 0.25) is 5.02 Å². The van der Waals surface area contributed by atoms with Crippen LogP contribution in [0.15, 0.2) is 12.1 Å². The van der Waals surface area contributed by atoms with Crippen molar-refractivity contribution in [3.63, 3.8) is 0 Å². The van der Waals surface area contributed by atoms with E-state index in [0.717, 1.165) is 6.07 Å². The number of nitrogen functional groups attached to an aromatic ring is 1. The van der Waals surface area contributed by atoms with E-state index in [1.54, 1.807) is 6.07 Å². The SMILES string of the molecule is N#Cc1cc(Cl)c(N)cc1OC(F)F. The van der Waals surface area contributed by atoms with Gasteiger partial charge in [-0.1, -0.05) is 11.6 Å². The maximum atomic E-state index is 11.9. The van der Waals surface area contributed by atoms with Crippen molar-refractivity contribution in [2.75, 3.05) is 5.73 Å². The minimum atomic E-state index is -3.00. The maximum absolute atomic E-state index is 11.9. The molecule has 0 fully saturated rings. The van der Waals surface area contributed by atoms with E-state index in [1.165, 1.54) is 6.07 Å². The highest BCUT2D eigenvalue weighted by Crippen LogP contribution is 2.29. The molecular weight excluding hydrogens is 214 g/mol. The lowest BCUT2D eigenvalue weighted by Gasteiger charge is -2.07. The maximum Gasteiger partial charge on any atom is 0.387 e. The van der Waals surface area contributed by atoms with E-state index >= 15 is 0 Å². The molecule has 6 heteroatoms. The summed E-state index contributed by atoms with van der Waals surface area (Å²) in [6.07, 6.45) is 0. The lowest BCUT2D eigenvalue weighted by molar-refractivity contribution is -0.0499. The number of ether oxygens (including phenoxy) is 1. The molecule has 0 unspecified atom stereocenters. The van der Waals surface area contributed by atoms with Crippen LogP contribution in [0, 0.1) is 11.3 Å². The van der Waals surface area contributed by atoms with E-state index < -0.39 is 6.61 Å². The molecule has 14 heavy (non-hydrogen) atoms. The number of hydrogen-bond acceptors (Lipinski definition) is 3. The van der Waals surface area contributed by atoms with Gasteiger partial charge in [-0.15, -0.1) is 0 Å². The van der Waals surface area contributed by atoms with Gasteiger partial charge in [0.2, 0.25) is 0 Å². The Hall–Kier alpha value is -1.54. The standard InChI is InChI=1S/C8H5ClF2N2O/c9-5-1-4(3-12)7(2-6(5)13)14-8(10)11/h1-2,8H,13H2. The van der Waals surface area contributed by atoms with E-state index in [4.69, 9.17) is 22.6 Å². The minimum absolute atomic E-state index is 0.0792. The van der Waals surface area contributed by atoms with Gasteiger partial charge in [0.15, 0.2) is 0 Å². The number of hydrogen-bond donors (Lipinski definition) is 1. The van der Waals surface area contributed by atoms with Gasteiger partial charge < -0.3 is 10.5 Å². The summed E-state index contributed by atoms with van der Waals surface area (Å²) in [5.41, 5.74) is 5.36. The van der Waals surface area contributed by atoms with Crippen LogP contribution in [0.4, 0.5) is 14.5 Å². The lowest BCUT2D eigenvalue weighted by Crippen LogP contribution is -2.04. The lowest BCUT2D eigenvalue weighted by atomic mass is 10.2. The highest BCUT2D eigenvalue weighted by Gasteiger charge is 2.11. The molecule has 1 aromatic rings. The number of benzene rings is 1. The fourth-order valence-electron chi connectivity index (χ4n) is 0.850. The van der Waals surface area contributed by atoms with Crippen molar-refractivity contribution in [1.29, 1.82) is 5.26 Å². The zero-order chi connectivity index (χ0) is 10.7. The summed E-state index contributed by atoms with van der Waals surface area (Å²) in [6, 6.07) is 3.94. The molecule has 0 spiro atoms. The fraction of sp³-hybridized carbons (Fsp3) is 0.125. The van der Waals surface area contributed by atoms with Crippen molar-refractivity contribution in [3.05, 3.63) is 22.7 Å². The van der Waals surface area contributed by atoms with Crippen LogP contribution in [-0.4, -0.2) is 6.61 Å². The summed E-state index contributed by atoms with van der Waals surface area (Å²) >= 11 is 5.58. The van der Waals surface area contributed by atoms with Crippen molar-refractivity contribution < 1.29 is 13.5 Å². The van der Waals surface area contributed by atoms with Crippen LogP contribution >= 0.6 is 11.6 Å². The van der Waals surface area contributed by atoms with Gasteiger partial charge in [0.25, 0.3) is 0 Å². The van der Waals surface area contributed by atoms with Gasteiger partial charge >= 0.3 is 6.61 Å². The van der Waals surface area contributed by atoms with Crippen LogP contribution in [0.5, 0.6) is 5.75 Å². The summed E-state index contributed by atoms with van der Waals surface area (Å²) in [7, 11) is 0. The molecule has 0 radical (unpaired) electrons. The molecule has 0 saturated carbocycles. The molecule has 0 saturated heterocycles. The molecule has 0 atom stereocenters. The van der Waals surface area contributed by atoms with Gasteiger partial charge in [0.05, 0.1) is 16.3 Å². The predicted octanol–water partition coefficient (Wildman–Crippen LogP) is 2.40. The largest absolute Gasteiger partial charge is 0.433 e. The topological polar surface area (TPSA) is 59.0 Å². The van der Waals surface area contributed by atoms with E-state index in [2.05, 4.69) is 4.74 Å². The first-order chi connectivity index (χ1) is 6.54. The molecule has 3 nitrogen and oxygen atoms in total. The average molecular weight is 219 g/mol. The normalized spacial score (nSPS) is 9.93. The Labute approximate surface area is 83.6 Å². The third kappa shape index (κ3) is 2.24. The molecule has 0 aromatic heterocycles. The highest BCUT2D eigenvalue weighted by molar-refractivity contribution is 6.33. The van der Waals surface area contributed by atoms with Gasteiger partial charge in [-0.25, -0.2) is 0 Å². The number of nitrogens with two attached hydrogens (primary N) is 1. The summed E-state index contributed by atoms with van der Waals surface area (Å²) in [5.74, 6) is -0.274. The Kier molecular flexibility index (Phi) is 3.10. The first-order valence-electron chi connectivity index (χ1n) is 3.48. The first-order valence-corrected chi connectivity index (χ1v) is 3.86. The molecule has 0 bridgehead atoms. The smallest absolute Gasteiger partial charge is 0.387 e. The van der Waals surface area contributed by atoms with Gasteiger partial charge in [-0.2, -0.15) is 14.0 Å². The molecule has 1 aromatic carbocycles. The molecule has 0 aliphatic rings. The fourth-order valence-corrected chi connectivity index (χ4v) is 1.01. The van der Waals surface area contributed by atoms with E-state index in [1.807, 2.05) is 0 Å². The number of rotatable bonds is 2. The summed E-state index contributed by atoms with van der Waals surface area (Å²) in [5, 5.41) is 8.70. The Bertz CT molecular complexity index is 390. The molecule has 0 heterocycles. The third-order valence-corrected chi connectivity index (χ3v) is 1.76. The number of nitrogens with zero attached hydrogens (tertiary/aromatic N) is 1. The Balaban J connectivity index is 3.15. The number of nitriles is 1. The minimum Gasteiger partial charge on any atom is -0.433 e. The van der Waals surface area contributed by atoms with Crippen LogP contribution in [0.1, 0.15) is 5.56 Å². The molecule has 0 aliphatic heterocycles. The second-order valence-electron chi connectivity index (χ2n) is 2.36. The molecule has 0 aliphatic carbocycles. The predicted molar refractivity (Wildman–Crippen MR) is 47.2 cm³/mol. The quantitative estimate of drug-likeness (QED) is 0.776. The zero-order valence-electron chi connectivity index (χ0n) is 6.80. The Morgan fingerprint density at radius 3 is 2.64 bits per heavy atom.